The van der Waals surface area contributed by atoms with Gasteiger partial charge in [-0.3, -0.25) is 0 Å². The molecule has 2 N–H and O–H groups in total. The minimum absolute atomic E-state index is 0.497. The monoisotopic (exact) mass is 201 g/mol. The van der Waals surface area contributed by atoms with Crippen LogP contribution in [-0.2, 0) is 0 Å². The zero-order chi connectivity index (χ0) is 11.3. The van der Waals surface area contributed by atoms with Crippen molar-refractivity contribution < 1.29 is 0 Å². The van der Waals surface area contributed by atoms with E-state index in [-0.39, 0.29) is 0 Å². The van der Waals surface area contributed by atoms with Gasteiger partial charge in [0.2, 0.25) is 0 Å². The smallest absolute Gasteiger partial charge is 0.127 e. The van der Waals surface area contributed by atoms with Gasteiger partial charge in [0.25, 0.3) is 0 Å². The Labute approximate surface area is 90.1 Å². The van der Waals surface area contributed by atoms with E-state index in [0.717, 1.165) is 5.56 Å². The minimum Gasteiger partial charge on any atom is -0.387 e. The summed E-state index contributed by atoms with van der Waals surface area (Å²) in [5.41, 5.74) is 7.13. The molecule has 0 unspecified atom stereocenters. The third-order valence-electron chi connectivity index (χ3n) is 1.74. The highest BCUT2D eigenvalue weighted by Gasteiger charge is 1.95. The molecule has 0 aromatic heterocycles. The quantitative estimate of drug-likeness (QED) is 0.580. The molecular weight excluding hydrogens is 186 g/mol. The van der Waals surface area contributed by atoms with Crippen molar-refractivity contribution in [3.05, 3.63) is 42.5 Å². The molecule has 0 amide bonds. The number of benzene rings is 1. The molecule has 3 nitrogen and oxygen atoms in total. The van der Waals surface area contributed by atoms with Gasteiger partial charge in [0.15, 0.2) is 0 Å². The molecule has 0 aliphatic heterocycles. The van der Waals surface area contributed by atoms with Crippen molar-refractivity contribution >= 4 is 17.4 Å². The fraction of sp³-hybridized carbons (Fsp3) is 0.167. The van der Waals surface area contributed by atoms with Gasteiger partial charge < -0.3 is 5.73 Å². The highest BCUT2D eigenvalue weighted by molar-refractivity contribution is 5.96. The molecule has 0 aliphatic carbocycles. The molecule has 0 aliphatic rings. The Morgan fingerprint density at radius 1 is 1.13 bits per heavy atom. The second-order valence-electron chi connectivity index (χ2n) is 3.22. The molecule has 0 radical (unpaired) electrons. The summed E-state index contributed by atoms with van der Waals surface area (Å²) in [6.45, 7) is 7.40. The van der Waals surface area contributed by atoms with E-state index in [1.54, 1.807) is 13.8 Å². The predicted molar refractivity (Wildman–Crippen MR) is 65.9 cm³/mol. The number of nitrogens with zero attached hydrogens (tertiary/aromatic N) is 2. The summed E-state index contributed by atoms with van der Waals surface area (Å²) in [5, 5.41) is 0. The van der Waals surface area contributed by atoms with Crippen LogP contribution in [0.15, 0.2) is 46.9 Å². The maximum Gasteiger partial charge on any atom is 0.127 e. The van der Waals surface area contributed by atoms with Crippen LogP contribution >= 0.6 is 0 Å². The predicted octanol–water partition coefficient (Wildman–Crippen LogP) is 2.45. The molecule has 0 spiro atoms. The van der Waals surface area contributed by atoms with E-state index in [9.17, 15) is 0 Å². The molecule has 1 aromatic rings. The Kier molecular flexibility index (Phi) is 3.80. The van der Waals surface area contributed by atoms with Gasteiger partial charge in [0.1, 0.15) is 5.84 Å². The molecule has 0 bridgehead atoms. The Bertz CT molecular complexity index is 398. The van der Waals surface area contributed by atoms with E-state index in [4.69, 9.17) is 5.73 Å². The molecule has 0 atom stereocenters. The Morgan fingerprint density at radius 3 is 2.27 bits per heavy atom. The number of aliphatic imine (C=N–C) groups is 2. The lowest BCUT2D eigenvalue weighted by Gasteiger charge is -2.00. The summed E-state index contributed by atoms with van der Waals surface area (Å²) < 4.78 is 0. The van der Waals surface area contributed by atoms with Crippen LogP contribution in [0.25, 0.3) is 5.70 Å². The molecule has 0 saturated heterocycles. The highest BCUT2D eigenvalue weighted by atomic mass is 15.0. The summed E-state index contributed by atoms with van der Waals surface area (Å²) in [7, 11) is 0. The standard InChI is InChI=1S/C12H15N3/c1-9(12-7-5-4-6-8-12)14-11(3)15-10(2)13/h4-8H,1H2,2-3H3,(H2,13,14,15). The molecule has 1 aromatic carbocycles. The van der Waals surface area contributed by atoms with E-state index in [1.165, 1.54) is 0 Å². The fourth-order valence-electron chi connectivity index (χ4n) is 1.17. The van der Waals surface area contributed by atoms with Crippen LogP contribution in [0.5, 0.6) is 0 Å². The lowest BCUT2D eigenvalue weighted by molar-refractivity contribution is 1.43. The number of hydrogen-bond donors (Lipinski definition) is 1. The summed E-state index contributed by atoms with van der Waals surface area (Å²) in [6.07, 6.45) is 0. The second-order valence-corrected chi connectivity index (χ2v) is 3.22. The van der Waals surface area contributed by atoms with Crippen LogP contribution in [0, 0.1) is 0 Å². The molecule has 0 saturated carbocycles. The number of nitrogens with two attached hydrogens (primary N) is 1. The molecule has 0 heterocycles. The van der Waals surface area contributed by atoms with Crippen molar-refractivity contribution in [2.75, 3.05) is 0 Å². The number of hydrogen-bond acceptors (Lipinski definition) is 1. The van der Waals surface area contributed by atoms with Crippen LogP contribution in [0.2, 0.25) is 0 Å². The molecule has 15 heavy (non-hydrogen) atoms. The Morgan fingerprint density at radius 2 is 1.73 bits per heavy atom. The third kappa shape index (κ3) is 3.77. The van der Waals surface area contributed by atoms with Gasteiger partial charge in [-0.2, -0.15) is 0 Å². The Hall–Kier alpha value is -1.90. The zero-order valence-electron chi connectivity index (χ0n) is 9.07. The zero-order valence-corrected chi connectivity index (χ0v) is 9.07. The van der Waals surface area contributed by atoms with Crippen LogP contribution in [-0.4, -0.2) is 11.7 Å². The molecule has 0 fully saturated rings. The Balaban J connectivity index is 2.84. The number of amidine groups is 2. The van der Waals surface area contributed by atoms with Crippen molar-refractivity contribution in [1.29, 1.82) is 0 Å². The first-order valence-electron chi connectivity index (χ1n) is 4.70. The van der Waals surface area contributed by atoms with Crippen molar-refractivity contribution in [2.45, 2.75) is 13.8 Å². The van der Waals surface area contributed by atoms with E-state index in [2.05, 4.69) is 16.6 Å². The first kappa shape index (κ1) is 11.2. The third-order valence-corrected chi connectivity index (χ3v) is 1.74. The average molecular weight is 201 g/mol. The van der Waals surface area contributed by atoms with Crippen LogP contribution < -0.4 is 5.73 Å². The molecule has 78 valence electrons. The minimum atomic E-state index is 0.497. The highest BCUT2D eigenvalue weighted by Crippen LogP contribution is 2.12. The van der Waals surface area contributed by atoms with E-state index in [0.29, 0.717) is 17.4 Å². The topological polar surface area (TPSA) is 50.7 Å². The van der Waals surface area contributed by atoms with E-state index in [1.807, 2.05) is 30.3 Å². The van der Waals surface area contributed by atoms with Crippen LogP contribution in [0.4, 0.5) is 0 Å². The van der Waals surface area contributed by atoms with Crippen molar-refractivity contribution in [1.82, 2.24) is 0 Å². The largest absolute Gasteiger partial charge is 0.387 e. The first-order valence-corrected chi connectivity index (χ1v) is 4.70. The average Bonchev–Trinajstić information content (AvgIpc) is 2.17. The van der Waals surface area contributed by atoms with Gasteiger partial charge in [0.05, 0.1) is 11.5 Å². The van der Waals surface area contributed by atoms with Crippen molar-refractivity contribution in [3.63, 3.8) is 0 Å². The summed E-state index contributed by atoms with van der Waals surface area (Å²) in [4.78, 5) is 8.27. The maximum absolute atomic E-state index is 5.45. The maximum atomic E-state index is 5.45. The van der Waals surface area contributed by atoms with Gasteiger partial charge in [-0.15, -0.1) is 0 Å². The van der Waals surface area contributed by atoms with Gasteiger partial charge in [-0.1, -0.05) is 36.9 Å². The van der Waals surface area contributed by atoms with E-state index < -0.39 is 0 Å². The SMILES string of the molecule is C=C(N=C(C)N=C(C)N)c1ccccc1. The van der Waals surface area contributed by atoms with Gasteiger partial charge in [0, 0.05) is 0 Å². The lowest BCUT2D eigenvalue weighted by Crippen LogP contribution is -2.07. The lowest BCUT2D eigenvalue weighted by atomic mass is 10.2. The first-order chi connectivity index (χ1) is 7.09. The summed E-state index contributed by atoms with van der Waals surface area (Å²) in [5.74, 6) is 1.11. The molecule has 3 heteroatoms. The second kappa shape index (κ2) is 5.10. The van der Waals surface area contributed by atoms with Crippen molar-refractivity contribution in [2.24, 2.45) is 15.7 Å². The molecular formula is C12H15N3. The van der Waals surface area contributed by atoms with Crippen LogP contribution in [0.1, 0.15) is 19.4 Å². The van der Waals surface area contributed by atoms with Gasteiger partial charge in [-0.25, -0.2) is 9.98 Å². The van der Waals surface area contributed by atoms with E-state index >= 15 is 0 Å². The normalized spacial score (nSPS) is 12.7. The van der Waals surface area contributed by atoms with Crippen LogP contribution in [0.3, 0.4) is 0 Å². The number of rotatable bonds is 2. The summed E-state index contributed by atoms with van der Waals surface area (Å²) in [6, 6.07) is 9.76. The molecule has 1 rings (SSSR count). The van der Waals surface area contributed by atoms with Crippen molar-refractivity contribution in [3.8, 4) is 0 Å². The van der Waals surface area contributed by atoms with Gasteiger partial charge >= 0.3 is 0 Å². The fourth-order valence-corrected chi connectivity index (χ4v) is 1.17. The summed E-state index contributed by atoms with van der Waals surface area (Å²) >= 11 is 0. The van der Waals surface area contributed by atoms with Gasteiger partial charge in [-0.05, 0) is 19.4 Å².